The lowest BCUT2D eigenvalue weighted by molar-refractivity contribution is -0.135. The molecule has 0 unspecified atom stereocenters. The number of hydrogen-bond donors (Lipinski definition) is 0. The van der Waals surface area contributed by atoms with Gasteiger partial charge in [-0.3, -0.25) is 19.5 Å². The molecule has 0 saturated heterocycles. The van der Waals surface area contributed by atoms with Crippen molar-refractivity contribution in [2.45, 2.75) is 13.3 Å². The molecule has 0 bridgehead atoms. The molecule has 7 nitrogen and oxygen atoms in total. The van der Waals surface area contributed by atoms with Crippen LogP contribution in [0.2, 0.25) is 0 Å². The van der Waals surface area contributed by atoms with Gasteiger partial charge in [0.2, 0.25) is 0 Å². The van der Waals surface area contributed by atoms with Gasteiger partial charge in [-0.2, -0.15) is 0 Å². The van der Waals surface area contributed by atoms with E-state index in [-0.39, 0.29) is 11.8 Å². The molecule has 0 N–H and O–H groups in total. The molecule has 1 aliphatic heterocycles. The van der Waals surface area contributed by atoms with Crippen molar-refractivity contribution in [1.82, 2.24) is 14.8 Å². The summed E-state index contributed by atoms with van der Waals surface area (Å²) in [6.45, 7) is 3.19. The van der Waals surface area contributed by atoms with Gasteiger partial charge in [-0.15, -0.1) is 0 Å². The van der Waals surface area contributed by atoms with Crippen LogP contribution in [-0.2, 0) is 16.0 Å². The van der Waals surface area contributed by atoms with E-state index in [2.05, 4.69) is 4.98 Å². The number of benzene rings is 1. The van der Waals surface area contributed by atoms with Crippen molar-refractivity contribution >= 4 is 17.4 Å². The second-order valence-corrected chi connectivity index (χ2v) is 6.65. The highest BCUT2D eigenvalue weighted by Gasteiger charge is 2.39. The maximum atomic E-state index is 12.9. The van der Waals surface area contributed by atoms with Crippen LogP contribution in [0, 0.1) is 0 Å². The number of hydrogen-bond acceptors (Lipinski definition) is 6. The van der Waals surface area contributed by atoms with E-state index >= 15 is 0 Å². The highest BCUT2D eigenvalue weighted by atomic mass is 16.5. The Morgan fingerprint density at radius 2 is 1.69 bits per heavy atom. The molecule has 3 rings (SSSR count). The number of likely N-dealkylation sites (N-methyl/N-ethyl adjacent to an activating group) is 2. The third-order valence-electron chi connectivity index (χ3n) is 5.05. The van der Waals surface area contributed by atoms with Crippen molar-refractivity contribution in [2.24, 2.45) is 0 Å². The zero-order valence-corrected chi connectivity index (χ0v) is 17.1. The quantitative estimate of drug-likeness (QED) is 0.639. The van der Waals surface area contributed by atoms with Crippen LogP contribution >= 0.6 is 0 Å². The summed E-state index contributed by atoms with van der Waals surface area (Å²) in [5.74, 6) is 0.455. The van der Waals surface area contributed by atoms with Gasteiger partial charge in [0, 0.05) is 32.5 Å². The number of carbonyl (C=O) groups excluding carboxylic acids is 2. The Kier molecular flexibility index (Phi) is 6.16. The number of aromatic nitrogens is 1. The van der Waals surface area contributed by atoms with Crippen LogP contribution in [0.5, 0.6) is 11.5 Å². The molecule has 0 fully saturated rings. The van der Waals surface area contributed by atoms with Gasteiger partial charge in [0.05, 0.1) is 19.8 Å². The Labute approximate surface area is 170 Å². The molecule has 7 heteroatoms. The second-order valence-electron chi connectivity index (χ2n) is 6.65. The molecule has 2 amide bonds. The first-order valence-corrected chi connectivity index (χ1v) is 9.44. The van der Waals surface area contributed by atoms with E-state index < -0.39 is 0 Å². The smallest absolute Gasteiger partial charge is 0.277 e. The average Bonchev–Trinajstić information content (AvgIpc) is 2.98. The maximum Gasteiger partial charge on any atom is 0.277 e. The molecule has 1 aromatic heterocycles. The second kappa shape index (κ2) is 8.77. The predicted octanol–water partition coefficient (Wildman–Crippen LogP) is 2.37. The summed E-state index contributed by atoms with van der Waals surface area (Å²) in [6, 6.07) is 9.14. The Morgan fingerprint density at radius 1 is 1.00 bits per heavy atom. The number of rotatable bonds is 8. The number of pyridine rings is 1. The van der Waals surface area contributed by atoms with Crippen LogP contribution in [0.15, 0.2) is 48.4 Å². The molecule has 2 heterocycles. The van der Waals surface area contributed by atoms with E-state index in [0.717, 1.165) is 16.9 Å². The van der Waals surface area contributed by atoms with E-state index in [9.17, 15) is 9.59 Å². The summed E-state index contributed by atoms with van der Waals surface area (Å²) >= 11 is 0. The standard InChI is InChI=1S/C22H25N3O4/c1-5-25(13-10-15-8-11-23-12-9-15)20-19(21(26)24(2)22(20)27)16-6-7-17(28-3)18(14-16)29-4/h6-9,11-12,14H,5,10,13H2,1-4H3. The summed E-state index contributed by atoms with van der Waals surface area (Å²) in [7, 11) is 4.60. The third kappa shape index (κ3) is 3.94. The van der Waals surface area contributed by atoms with Crippen LogP contribution < -0.4 is 9.47 Å². The van der Waals surface area contributed by atoms with Gasteiger partial charge in [0.1, 0.15) is 5.70 Å². The Balaban J connectivity index is 2.02. The predicted molar refractivity (Wildman–Crippen MR) is 109 cm³/mol. The molecule has 2 aromatic rings. The maximum absolute atomic E-state index is 12.9. The molecule has 1 aromatic carbocycles. The van der Waals surface area contributed by atoms with Crippen molar-refractivity contribution in [2.75, 3.05) is 34.4 Å². The Morgan fingerprint density at radius 3 is 2.31 bits per heavy atom. The SMILES string of the molecule is CCN(CCc1ccncc1)C1=C(c2ccc(OC)c(OC)c2)C(=O)N(C)C1=O. The minimum Gasteiger partial charge on any atom is -0.493 e. The largest absolute Gasteiger partial charge is 0.493 e. The summed E-state index contributed by atoms with van der Waals surface area (Å²) in [6.07, 6.45) is 4.24. The Hall–Kier alpha value is -3.35. The zero-order valence-electron chi connectivity index (χ0n) is 17.1. The highest BCUT2D eigenvalue weighted by molar-refractivity contribution is 6.35. The van der Waals surface area contributed by atoms with Crippen molar-refractivity contribution < 1.29 is 19.1 Å². The summed E-state index contributed by atoms with van der Waals surface area (Å²) in [5, 5.41) is 0. The molecule has 152 valence electrons. The van der Waals surface area contributed by atoms with Gasteiger partial charge < -0.3 is 14.4 Å². The fraction of sp³-hybridized carbons (Fsp3) is 0.318. The van der Waals surface area contributed by atoms with Gasteiger partial charge in [0.15, 0.2) is 11.5 Å². The fourth-order valence-electron chi connectivity index (χ4n) is 3.41. The summed E-state index contributed by atoms with van der Waals surface area (Å²) in [5.41, 5.74) is 2.55. The van der Waals surface area contributed by atoms with Crippen molar-refractivity contribution in [3.8, 4) is 11.5 Å². The number of methoxy groups -OCH3 is 2. The topological polar surface area (TPSA) is 72.0 Å². The van der Waals surface area contributed by atoms with E-state index in [1.165, 1.54) is 14.2 Å². The average molecular weight is 395 g/mol. The van der Waals surface area contributed by atoms with E-state index in [1.807, 2.05) is 24.0 Å². The fourth-order valence-corrected chi connectivity index (χ4v) is 3.41. The van der Waals surface area contributed by atoms with Gasteiger partial charge in [-0.1, -0.05) is 6.07 Å². The molecule has 29 heavy (non-hydrogen) atoms. The summed E-state index contributed by atoms with van der Waals surface area (Å²) in [4.78, 5) is 33.0. The minimum atomic E-state index is -0.320. The molecule has 0 radical (unpaired) electrons. The highest BCUT2D eigenvalue weighted by Crippen LogP contribution is 2.35. The van der Waals surface area contributed by atoms with Crippen LogP contribution in [-0.4, -0.2) is 61.0 Å². The third-order valence-corrected chi connectivity index (χ3v) is 5.05. The number of ether oxygens (including phenoxy) is 2. The van der Waals surface area contributed by atoms with Gasteiger partial charge in [-0.25, -0.2) is 0 Å². The molecular weight excluding hydrogens is 370 g/mol. The minimum absolute atomic E-state index is 0.295. The first-order chi connectivity index (χ1) is 14.0. The molecule has 0 spiro atoms. The lowest BCUT2D eigenvalue weighted by Crippen LogP contribution is -2.33. The van der Waals surface area contributed by atoms with E-state index in [4.69, 9.17) is 9.47 Å². The Bertz CT molecular complexity index is 940. The van der Waals surface area contributed by atoms with Crippen LogP contribution in [0.1, 0.15) is 18.1 Å². The molecular formula is C22H25N3O4. The normalized spacial score (nSPS) is 13.9. The zero-order chi connectivity index (χ0) is 21.0. The van der Waals surface area contributed by atoms with E-state index in [1.54, 1.807) is 37.7 Å². The number of amides is 2. The van der Waals surface area contributed by atoms with Crippen LogP contribution in [0.3, 0.4) is 0 Å². The molecule has 1 aliphatic rings. The van der Waals surface area contributed by atoms with Crippen molar-refractivity contribution in [3.05, 3.63) is 59.5 Å². The number of carbonyl (C=O) groups is 2. The van der Waals surface area contributed by atoms with Gasteiger partial charge in [0.25, 0.3) is 11.8 Å². The van der Waals surface area contributed by atoms with Crippen molar-refractivity contribution in [1.29, 1.82) is 0 Å². The van der Waals surface area contributed by atoms with E-state index in [0.29, 0.717) is 41.4 Å². The molecule has 0 saturated carbocycles. The lowest BCUT2D eigenvalue weighted by atomic mass is 10.0. The molecule has 0 aliphatic carbocycles. The van der Waals surface area contributed by atoms with Gasteiger partial charge in [-0.05, 0) is 48.7 Å². The molecule has 0 atom stereocenters. The first-order valence-electron chi connectivity index (χ1n) is 9.44. The lowest BCUT2D eigenvalue weighted by Gasteiger charge is -2.24. The van der Waals surface area contributed by atoms with Gasteiger partial charge >= 0.3 is 0 Å². The first kappa shape index (κ1) is 20.4. The van der Waals surface area contributed by atoms with Crippen LogP contribution in [0.4, 0.5) is 0 Å². The number of nitrogens with zero attached hydrogens (tertiary/aromatic N) is 3. The van der Waals surface area contributed by atoms with Crippen LogP contribution in [0.25, 0.3) is 5.57 Å². The monoisotopic (exact) mass is 395 g/mol. The van der Waals surface area contributed by atoms with Crippen molar-refractivity contribution in [3.63, 3.8) is 0 Å². The summed E-state index contributed by atoms with van der Waals surface area (Å²) < 4.78 is 10.7. The number of imide groups is 1.